The van der Waals surface area contributed by atoms with Gasteiger partial charge in [0.1, 0.15) is 5.38 Å². The van der Waals surface area contributed by atoms with E-state index in [2.05, 4.69) is 0 Å². The minimum Gasteiger partial charge on any atom is -0.208 e. The Morgan fingerprint density at radius 3 is 2.15 bits per heavy atom. The van der Waals surface area contributed by atoms with E-state index >= 15 is 0 Å². The molecule has 0 aliphatic carbocycles. The molecule has 0 heterocycles. The van der Waals surface area contributed by atoms with Crippen molar-refractivity contribution in [2.24, 2.45) is 0 Å². The molecule has 1 aromatic rings. The highest BCUT2D eigenvalue weighted by molar-refractivity contribution is 6.42. The fraction of sp³-hybridized carbons (Fsp3) is 0.250. The lowest BCUT2D eigenvalue weighted by Crippen LogP contribution is -2.01. The van der Waals surface area contributed by atoms with E-state index in [-0.39, 0.29) is 10.6 Å². The second kappa shape index (κ2) is 4.45. The van der Waals surface area contributed by atoms with E-state index in [0.717, 1.165) is 0 Å². The maximum absolute atomic E-state index is 12.1. The topological polar surface area (TPSA) is 0 Å². The Kier molecular flexibility index (Phi) is 3.77. The van der Waals surface area contributed by atoms with E-state index in [1.54, 1.807) is 0 Å². The number of alkyl halides is 3. The van der Waals surface area contributed by atoms with Crippen LogP contribution in [-0.4, -0.2) is 6.43 Å². The van der Waals surface area contributed by atoms with Crippen molar-refractivity contribution in [3.05, 3.63) is 33.8 Å². The Bertz CT molecular complexity index is 301. The zero-order valence-corrected chi connectivity index (χ0v) is 8.54. The summed E-state index contributed by atoms with van der Waals surface area (Å²) in [6, 6.07) is 4.21. The van der Waals surface area contributed by atoms with E-state index in [1.165, 1.54) is 18.2 Å². The van der Waals surface area contributed by atoms with Crippen molar-refractivity contribution in [1.29, 1.82) is 0 Å². The van der Waals surface area contributed by atoms with E-state index in [1.807, 2.05) is 0 Å². The molecule has 0 aromatic heterocycles. The first-order valence-corrected chi connectivity index (χ1v) is 4.59. The highest BCUT2D eigenvalue weighted by atomic mass is 35.5. The summed E-state index contributed by atoms with van der Waals surface area (Å²) in [5.74, 6) is 0. The van der Waals surface area contributed by atoms with Crippen LogP contribution in [0.4, 0.5) is 8.78 Å². The normalized spacial score (nSPS) is 13.4. The van der Waals surface area contributed by atoms with Gasteiger partial charge in [-0.25, -0.2) is 8.78 Å². The van der Waals surface area contributed by atoms with Crippen molar-refractivity contribution >= 4 is 34.8 Å². The molecule has 1 rings (SSSR count). The molecule has 0 aliphatic rings. The van der Waals surface area contributed by atoms with Crippen LogP contribution in [0, 0.1) is 0 Å². The third kappa shape index (κ3) is 2.70. The van der Waals surface area contributed by atoms with Gasteiger partial charge in [-0.05, 0) is 17.7 Å². The summed E-state index contributed by atoms with van der Waals surface area (Å²) < 4.78 is 24.3. The number of rotatable bonds is 2. The highest BCUT2D eigenvalue weighted by Crippen LogP contribution is 2.31. The summed E-state index contributed by atoms with van der Waals surface area (Å²) in [7, 11) is 0. The molecule has 0 nitrogen and oxygen atoms in total. The van der Waals surface area contributed by atoms with Crippen molar-refractivity contribution in [2.75, 3.05) is 0 Å². The molecule has 0 amide bonds. The van der Waals surface area contributed by atoms with Gasteiger partial charge in [-0.3, -0.25) is 0 Å². The van der Waals surface area contributed by atoms with E-state index in [9.17, 15) is 8.78 Å². The van der Waals surface area contributed by atoms with Gasteiger partial charge in [0.15, 0.2) is 0 Å². The minimum atomic E-state index is -2.61. The van der Waals surface area contributed by atoms with Crippen molar-refractivity contribution < 1.29 is 8.78 Å². The number of benzene rings is 1. The monoisotopic (exact) mass is 244 g/mol. The second-order valence-electron chi connectivity index (χ2n) is 2.41. The van der Waals surface area contributed by atoms with Gasteiger partial charge in [0.2, 0.25) is 0 Å². The van der Waals surface area contributed by atoms with Crippen molar-refractivity contribution in [3.63, 3.8) is 0 Å². The molecule has 0 bridgehead atoms. The molecule has 0 N–H and O–H groups in total. The first kappa shape index (κ1) is 11.0. The first-order chi connectivity index (χ1) is 6.02. The quantitative estimate of drug-likeness (QED) is 0.671. The fourth-order valence-electron chi connectivity index (χ4n) is 0.829. The summed E-state index contributed by atoms with van der Waals surface area (Å²) in [5.41, 5.74) is 0.270. The van der Waals surface area contributed by atoms with Gasteiger partial charge in [-0.15, -0.1) is 11.6 Å². The van der Waals surface area contributed by atoms with Crippen LogP contribution in [0.2, 0.25) is 10.0 Å². The maximum Gasteiger partial charge on any atom is 0.258 e. The van der Waals surface area contributed by atoms with Crippen LogP contribution in [0.15, 0.2) is 18.2 Å². The Labute approximate surface area is 89.4 Å². The zero-order chi connectivity index (χ0) is 10.0. The average Bonchev–Trinajstić information content (AvgIpc) is 2.08. The van der Waals surface area contributed by atoms with Crippen molar-refractivity contribution in [1.82, 2.24) is 0 Å². The molecular weight excluding hydrogens is 240 g/mol. The molecule has 1 aromatic carbocycles. The van der Waals surface area contributed by atoms with Gasteiger partial charge in [0.25, 0.3) is 6.43 Å². The SMILES string of the molecule is FC(F)C(Cl)c1ccc(Cl)c(Cl)c1. The Morgan fingerprint density at radius 1 is 1.08 bits per heavy atom. The van der Waals surface area contributed by atoms with Gasteiger partial charge >= 0.3 is 0 Å². The lowest BCUT2D eigenvalue weighted by Gasteiger charge is -2.08. The van der Waals surface area contributed by atoms with E-state index in [4.69, 9.17) is 34.8 Å². The standard InChI is InChI=1S/C8H5Cl3F2/c9-5-2-1-4(3-6(5)10)7(11)8(12)13/h1-3,7-8H. The van der Waals surface area contributed by atoms with Crippen LogP contribution < -0.4 is 0 Å². The molecule has 0 saturated carbocycles. The summed E-state index contributed by atoms with van der Waals surface area (Å²) in [5, 5.41) is -0.788. The summed E-state index contributed by atoms with van der Waals surface area (Å²) >= 11 is 16.6. The van der Waals surface area contributed by atoms with Gasteiger partial charge in [0.05, 0.1) is 10.0 Å². The molecule has 1 unspecified atom stereocenters. The Hall–Kier alpha value is -0.0500. The Balaban J connectivity index is 2.97. The van der Waals surface area contributed by atoms with E-state index in [0.29, 0.717) is 5.02 Å². The molecular formula is C8H5Cl3F2. The molecule has 13 heavy (non-hydrogen) atoms. The largest absolute Gasteiger partial charge is 0.258 e. The zero-order valence-electron chi connectivity index (χ0n) is 6.28. The number of hydrogen-bond donors (Lipinski definition) is 0. The van der Waals surface area contributed by atoms with E-state index < -0.39 is 11.8 Å². The van der Waals surface area contributed by atoms with Crippen LogP contribution in [0.5, 0.6) is 0 Å². The molecule has 5 heteroatoms. The Morgan fingerprint density at radius 2 is 1.69 bits per heavy atom. The van der Waals surface area contributed by atoms with Gasteiger partial charge in [-0.1, -0.05) is 29.3 Å². The number of halogens is 5. The summed E-state index contributed by atoms with van der Waals surface area (Å²) in [4.78, 5) is 0. The highest BCUT2D eigenvalue weighted by Gasteiger charge is 2.19. The number of hydrogen-bond acceptors (Lipinski definition) is 0. The smallest absolute Gasteiger partial charge is 0.208 e. The first-order valence-electron chi connectivity index (χ1n) is 3.39. The predicted octanol–water partition coefficient (Wildman–Crippen LogP) is 4.54. The van der Waals surface area contributed by atoms with Crippen LogP contribution >= 0.6 is 34.8 Å². The van der Waals surface area contributed by atoms with Gasteiger partial charge in [-0.2, -0.15) is 0 Å². The van der Waals surface area contributed by atoms with Crippen molar-refractivity contribution in [3.8, 4) is 0 Å². The second-order valence-corrected chi connectivity index (χ2v) is 3.69. The average molecular weight is 245 g/mol. The third-order valence-electron chi connectivity index (χ3n) is 1.48. The molecule has 0 saturated heterocycles. The molecule has 0 aliphatic heterocycles. The summed E-state index contributed by atoms with van der Waals surface area (Å²) in [6.45, 7) is 0. The molecule has 1 atom stereocenters. The maximum atomic E-state index is 12.1. The molecule has 0 radical (unpaired) electrons. The fourth-order valence-corrected chi connectivity index (χ4v) is 1.27. The molecule has 72 valence electrons. The van der Waals surface area contributed by atoms with Gasteiger partial charge in [0, 0.05) is 0 Å². The lowest BCUT2D eigenvalue weighted by atomic mass is 10.1. The van der Waals surface area contributed by atoms with Gasteiger partial charge < -0.3 is 0 Å². The predicted molar refractivity (Wildman–Crippen MR) is 51.1 cm³/mol. The van der Waals surface area contributed by atoms with Crippen molar-refractivity contribution in [2.45, 2.75) is 11.8 Å². The van der Waals surface area contributed by atoms with Crippen LogP contribution in [0.1, 0.15) is 10.9 Å². The van der Waals surface area contributed by atoms with Crippen LogP contribution in [-0.2, 0) is 0 Å². The molecule has 0 spiro atoms. The third-order valence-corrected chi connectivity index (χ3v) is 2.66. The lowest BCUT2D eigenvalue weighted by molar-refractivity contribution is 0.143. The minimum absolute atomic E-state index is 0.227. The molecule has 0 fully saturated rings. The summed E-state index contributed by atoms with van der Waals surface area (Å²) in [6.07, 6.45) is -2.61. The van der Waals surface area contributed by atoms with Crippen LogP contribution in [0.25, 0.3) is 0 Å². The van der Waals surface area contributed by atoms with Crippen LogP contribution in [0.3, 0.4) is 0 Å².